The highest BCUT2D eigenvalue weighted by Gasteiger charge is 2.18. The van der Waals surface area contributed by atoms with Crippen LogP contribution in [0.5, 0.6) is 0 Å². The number of carbonyl (C=O) groups is 1. The molecule has 4 nitrogen and oxygen atoms in total. The third kappa shape index (κ3) is 3.44. The highest BCUT2D eigenvalue weighted by Crippen LogP contribution is 2.03. The van der Waals surface area contributed by atoms with E-state index < -0.39 is 10.8 Å². The van der Waals surface area contributed by atoms with Gasteiger partial charge in [-0.3, -0.25) is 9.00 Å². The second kappa shape index (κ2) is 5.34. The molecule has 1 aliphatic heterocycles. The molecule has 1 heterocycles. The highest BCUT2D eigenvalue weighted by atomic mass is 32.2. The zero-order valence-corrected chi connectivity index (χ0v) is 8.39. The molecule has 1 aliphatic rings. The monoisotopic (exact) mass is 205 g/mol. The Morgan fingerprint density at radius 2 is 2.00 bits per heavy atom. The lowest BCUT2D eigenvalue weighted by Gasteiger charge is -2.26. The minimum Gasteiger partial charge on any atom is -0.396 e. The fourth-order valence-corrected chi connectivity index (χ4v) is 2.33. The van der Waals surface area contributed by atoms with Crippen molar-refractivity contribution in [2.75, 3.05) is 31.2 Å². The lowest BCUT2D eigenvalue weighted by Crippen LogP contribution is -2.41. The van der Waals surface area contributed by atoms with Crippen LogP contribution in [0.25, 0.3) is 0 Å². The molecular formula is C8H15NO3S. The first-order valence-electron chi connectivity index (χ1n) is 4.47. The Labute approximate surface area is 80.4 Å². The van der Waals surface area contributed by atoms with E-state index in [1.807, 2.05) is 0 Å². The van der Waals surface area contributed by atoms with Crippen molar-refractivity contribution < 1.29 is 14.1 Å². The van der Waals surface area contributed by atoms with Crippen molar-refractivity contribution in [2.45, 2.75) is 12.8 Å². The maximum atomic E-state index is 11.4. The van der Waals surface area contributed by atoms with Crippen LogP contribution in [-0.4, -0.2) is 51.3 Å². The zero-order valence-electron chi connectivity index (χ0n) is 7.57. The number of amides is 1. The average molecular weight is 205 g/mol. The lowest BCUT2D eigenvalue weighted by atomic mass is 10.3. The van der Waals surface area contributed by atoms with E-state index in [0.29, 0.717) is 37.4 Å². The van der Waals surface area contributed by atoms with E-state index in [4.69, 9.17) is 5.11 Å². The van der Waals surface area contributed by atoms with Gasteiger partial charge in [-0.2, -0.15) is 0 Å². The van der Waals surface area contributed by atoms with Crippen molar-refractivity contribution in [3.8, 4) is 0 Å². The lowest BCUT2D eigenvalue weighted by molar-refractivity contribution is -0.131. The number of hydrogen-bond acceptors (Lipinski definition) is 3. The molecule has 13 heavy (non-hydrogen) atoms. The molecule has 1 amide bonds. The molecule has 1 rings (SSSR count). The molecule has 0 atom stereocenters. The van der Waals surface area contributed by atoms with E-state index in [2.05, 4.69) is 0 Å². The zero-order chi connectivity index (χ0) is 9.68. The Kier molecular flexibility index (Phi) is 4.38. The molecular weight excluding hydrogens is 190 g/mol. The Bertz CT molecular complexity index is 198. The van der Waals surface area contributed by atoms with Crippen molar-refractivity contribution in [1.82, 2.24) is 4.90 Å². The summed E-state index contributed by atoms with van der Waals surface area (Å²) in [5.41, 5.74) is 0. The summed E-state index contributed by atoms with van der Waals surface area (Å²) >= 11 is 0. The molecule has 0 radical (unpaired) electrons. The normalized spacial score (nSPS) is 19.0. The van der Waals surface area contributed by atoms with Gasteiger partial charge in [0.25, 0.3) is 0 Å². The minimum absolute atomic E-state index is 0.0610. The molecule has 0 saturated carbocycles. The van der Waals surface area contributed by atoms with Crippen LogP contribution < -0.4 is 0 Å². The summed E-state index contributed by atoms with van der Waals surface area (Å²) in [5, 5.41) is 8.54. The van der Waals surface area contributed by atoms with Crippen molar-refractivity contribution in [1.29, 1.82) is 0 Å². The van der Waals surface area contributed by atoms with Gasteiger partial charge in [-0.15, -0.1) is 0 Å². The van der Waals surface area contributed by atoms with Gasteiger partial charge in [0.1, 0.15) is 0 Å². The average Bonchev–Trinajstić information content (AvgIpc) is 2.15. The second-order valence-corrected chi connectivity index (χ2v) is 4.75. The van der Waals surface area contributed by atoms with E-state index in [1.54, 1.807) is 4.90 Å². The first kappa shape index (κ1) is 10.7. The van der Waals surface area contributed by atoms with E-state index >= 15 is 0 Å². The fourth-order valence-electron chi connectivity index (χ4n) is 1.28. The summed E-state index contributed by atoms with van der Waals surface area (Å²) < 4.78 is 11.0. The summed E-state index contributed by atoms with van der Waals surface area (Å²) in [6, 6.07) is 0. The Morgan fingerprint density at radius 3 is 2.54 bits per heavy atom. The van der Waals surface area contributed by atoms with Gasteiger partial charge in [-0.25, -0.2) is 0 Å². The van der Waals surface area contributed by atoms with E-state index in [0.717, 1.165) is 0 Å². The molecule has 0 aromatic carbocycles. The standard InChI is InChI=1S/C8H15NO3S/c10-5-1-2-8(11)9-3-6-13(12)7-4-9/h10H,1-7H2. The number of rotatable bonds is 3. The van der Waals surface area contributed by atoms with Gasteiger partial charge >= 0.3 is 0 Å². The Morgan fingerprint density at radius 1 is 1.38 bits per heavy atom. The van der Waals surface area contributed by atoms with Gasteiger partial charge in [-0.1, -0.05) is 0 Å². The topological polar surface area (TPSA) is 57.6 Å². The van der Waals surface area contributed by atoms with E-state index in [-0.39, 0.29) is 12.5 Å². The molecule has 0 aromatic rings. The molecule has 76 valence electrons. The molecule has 0 spiro atoms. The van der Waals surface area contributed by atoms with Crippen LogP contribution in [0.1, 0.15) is 12.8 Å². The fraction of sp³-hybridized carbons (Fsp3) is 0.875. The Balaban J connectivity index is 2.27. The summed E-state index contributed by atoms with van der Waals surface area (Å²) in [5.74, 6) is 1.28. The molecule has 0 unspecified atom stereocenters. The van der Waals surface area contributed by atoms with Crippen LogP contribution in [0, 0.1) is 0 Å². The number of nitrogens with zero attached hydrogens (tertiary/aromatic N) is 1. The SMILES string of the molecule is O=C(CCCO)N1CCS(=O)CC1. The van der Waals surface area contributed by atoms with Crippen LogP contribution in [0.15, 0.2) is 0 Å². The van der Waals surface area contributed by atoms with Gasteiger partial charge in [0.15, 0.2) is 0 Å². The molecule has 0 bridgehead atoms. The molecule has 1 saturated heterocycles. The maximum Gasteiger partial charge on any atom is 0.222 e. The maximum absolute atomic E-state index is 11.4. The number of hydrogen-bond donors (Lipinski definition) is 1. The van der Waals surface area contributed by atoms with Crippen LogP contribution in [0.3, 0.4) is 0 Å². The van der Waals surface area contributed by atoms with Crippen LogP contribution in [0.4, 0.5) is 0 Å². The van der Waals surface area contributed by atoms with Crippen molar-refractivity contribution in [3.05, 3.63) is 0 Å². The largest absolute Gasteiger partial charge is 0.396 e. The molecule has 5 heteroatoms. The van der Waals surface area contributed by atoms with E-state index in [1.165, 1.54) is 0 Å². The predicted molar refractivity (Wildman–Crippen MR) is 50.8 cm³/mol. The molecule has 1 fully saturated rings. The first-order chi connectivity index (χ1) is 6.24. The van der Waals surface area contributed by atoms with Gasteiger partial charge in [0.05, 0.1) is 0 Å². The van der Waals surface area contributed by atoms with Crippen LogP contribution in [-0.2, 0) is 15.6 Å². The molecule has 0 aromatic heterocycles. The summed E-state index contributed by atoms with van der Waals surface area (Å²) in [4.78, 5) is 13.1. The summed E-state index contributed by atoms with van der Waals surface area (Å²) in [6.45, 7) is 1.28. The minimum atomic E-state index is -0.726. The third-order valence-corrected chi connectivity index (χ3v) is 3.36. The van der Waals surface area contributed by atoms with Crippen LogP contribution in [0.2, 0.25) is 0 Å². The third-order valence-electron chi connectivity index (χ3n) is 2.08. The van der Waals surface area contributed by atoms with Crippen molar-refractivity contribution >= 4 is 16.7 Å². The summed E-state index contributed by atoms with van der Waals surface area (Å²) in [6.07, 6.45) is 0.932. The van der Waals surface area contributed by atoms with Gasteiger partial charge in [0.2, 0.25) is 5.91 Å². The quantitative estimate of drug-likeness (QED) is 0.666. The molecule has 0 aliphatic carbocycles. The van der Waals surface area contributed by atoms with Gasteiger partial charge in [-0.05, 0) is 6.42 Å². The van der Waals surface area contributed by atoms with E-state index in [9.17, 15) is 9.00 Å². The smallest absolute Gasteiger partial charge is 0.222 e. The van der Waals surface area contributed by atoms with Crippen LogP contribution >= 0.6 is 0 Å². The molecule has 1 N–H and O–H groups in total. The Hall–Kier alpha value is -0.420. The highest BCUT2D eigenvalue weighted by molar-refractivity contribution is 7.85. The predicted octanol–water partition coefficient (Wildman–Crippen LogP) is -0.650. The summed E-state index contributed by atoms with van der Waals surface area (Å²) in [7, 11) is -0.726. The van der Waals surface area contributed by atoms with Gasteiger partial charge in [0, 0.05) is 48.4 Å². The van der Waals surface area contributed by atoms with Crippen molar-refractivity contribution in [2.24, 2.45) is 0 Å². The number of aliphatic hydroxyl groups is 1. The number of aliphatic hydroxyl groups excluding tert-OH is 1. The van der Waals surface area contributed by atoms with Gasteiger partial charge < -0.3 is 10.0 Å². The second-order valence-electron chi connectivity index (χ2n) is 3.06. The van der Waals surface area contributed by atoms with Crippen molar-refractivity contribution in [3.63, 3.8) is 0 Å². The number of carbonyl (C=O) groups excluding carboxylic acids is 1. The first-order valence-corrected chi connectivity index (χ1v) is 5.96.